The van der Waals surface area contributed by atoms with Gasteiger partial charge in [-0.25, -0.2) is 9.97 Å². The number of ether oxygens (including phenoxy) is 5. The van der Waals surface area contributed by atoms with E-state index in [0.717, 1.165) is 27.7 Å². The summed E-state index contributed by atoms with van der Waals surface area (Å²) in [6.45, 7) is 2.19. The zero-order valence-electron chi connectivity index (χ0n) is 21.5. The summed E-state index contributed by atoms with van der Waals surface area (Å²) in [5.41, 5.74) is 5.26. The van der Waals surface area contributed by atoms with Gasteiger partial charge in [0.15, 0.2) is 11.5 Å². The molecule has 0 radical (unpaired) electrons. The van der Waals surface area contributed by atoms with Crippen LogP contribution in [-0.4, -0.2) is 42.4 Å². The first-order valence-electron chi connectivity index (χ1n) is 13.1. The molecule has 0 spiro atoms. The van der Waals surface area contributed by atoms with Crippen LogP contribution in [0.4, 0.5) is 0 Å². The molecule has 7 rings (SSSR count). The van der Waals surface area contributed by atoms with Crippen LogP contribution in [0.25, 0.3) is 22.1 Å². The molecule has 3 aliphatic rings. The molecule has 3 heterocycles. The summed E-state index contributed by atoms with van der Waals surface area (Å²) in [7, 11) is 1.60. The number of cyclic esters (lactones) is 1. The van der Waals surface area contributed by atoms with Crippen LogP contribution in [0.2, 0.25) is 0 Å². The van der Waals surface area contributed by atoms with E-state index in [1.807, 2.05) is 55.5 Å². The third-order valence-electron chi connectivity index (χ3n) is 7.84. The Hall–Kier alpha value is -4.40. The van der Waals surface area contributed by atoms with Crippen molar-refractivity contribution in [3.8, 4) is 17.2 Å². The fraction of sp³-hybridized carbons (Fsp3) is 0.333. The van der Waals surface area contributed by atoms with Crippen LogP contribution in [-0.2, 0) is 19.1 Å². The minimum Gasteiger partial charge on any atom is -0.494 e. The number of fused-ring (bicyclic) bond motifs is 5. The number of esters is 2. The highest BCUT2D eigenvalue weighted by molar-refractivity contribution is 5.90. The van der Waals surface area contributed by atoms with Crippen LogP contribution in [0.15, 0.2) is 48.5 Å². The fourth-order valence-electron chi connectivity index (χ4n) is 6.12. The monoisotopic (exact) mass is 526 g/mol. The number of methoxy groups -OCH3 is 1. The molecular formula is C30H26N2O7. The van der Waals surface area contributed by atoms with Gasteiger partial charge in [0.25, 0.3) is 0 Å². The van der Waals surface area contributed by atoms with E-state index in [1.54, 1.807) is 7.11 Å². The van der Waals surface area contributed by atoms with Gasteiger partial charge in [0.2, 0.25) is 6.79 Å². The van der Waals surface area contributed by atoms with Gasteiger partial charge in [-0.05, 0) is 53.9 Å². The van der Waals surface area contributed by atoms with E-state index in [0.29, 0.717) is 41.1 Å². The van der Waals surface area contributed by atoms with Crippen LogP contribution in [0.5, 0.6) is 17.2 Å². The Balaban J connectivity index is 1.45. The summed E-state index contributed by atoms with van der Waals surface area (Å²) in [4.78, 5) is 35.6. The summed E-state index contributed by atoms with van der Waals surface area (Å²) in [5.74, 6) is -0.259. The number of para-hydroxylation sites is 2. The van der Waals surface area contributed by atoms with E-state index in [1.165, 1.54) is 0 Å². The Morgan fingerprint density at radius 2 is 1.72 bits per heavy atom. The second-order valence-electron chi connectivity index (χ2n) is 10.1. The van der Waals surface area contributed by atoms with Crippen molar-refractivity contribution in [1.82, 2.24) is 9.97 Å². The molecular weight excluding hydrogens is 500 g/mol. The highest BCUT2D eigenvalue weighted by Crippen LogP contribution is 2.55. The third kappa shape index (κ3) is 3.75. The molecule has 1 fully saturated rings. The Morgan fingerprint density at radius 1 is 0.974 bits per heavy atom. The quantitative estimate of drug-likeness (QED) is 0.267. The van der Waals surface area contributed by atoms with Crippen LogP contribution in [0.3, 0.4) is 0 Å². The SMILES string of the molecule is CCCC(=O)O[C@@H]1c2cc3c(cc2[C@@H](c2cc(OC)c4nc5ccccc5nc4c2)[C@H]2C(=O)OC[C@@H]21)OCO3. The lowest BCUT2D eigenvalue weighted by atomic mass is 9.66. The van der Waals surface area contributed by atoms with Crippen molar-refractivity contribution in [2.24, 2.45) is 11.8 Å². The Morgan fingerprint density at radius 3 is 2.46 bits per heavy atom. The summed E-state index contributed by atoms with van der Waals surface area (Å²) in [6, 6.07) is 15.3. The summed E-state index contributed by atoms with van der Waals surface area (Å²) in [5, 5.41) is 0. The van der Waals surface area contributed by atoms with Crippen molar-refractivity contribution in [2.75, 3.05) is 20.5 Å². The van der Waals surface area contributed by atoms with Gasteiger partial charge in [0.1, 0.15) is 17.4 Å². The van der Waals surface area contributed by atoms with Crippen LogP contribution >= 0.6 is 0 Å². The maximum atomic E-state index is 13.3. The van der Waals surface area contributed by atoms with Crippen LogP contribution in [0, 0.1) is 11.8 Å². The molecule has 0 unspecified atom stereocenters. The zero-order chi connectivity index (χ0) is 26.7. The summed E-state index contributed by atoms with van der Waals surface area (Å²) in [6.07, 6.45) is 0.311. The largest absolute Gasteiger partial charge is 0.494 e. The zero-order valence-corrected chi connectivity index (χ0v) is 21.5. The second kappa shape index (κ2) is 9.11. The first-order valence-corrected chi connectivity index (χ1v) is 13.1. The average molecular weight is 527 g/mol. The number of rotatable bonds is 5. The van der Waals surface area contributed by atoms with E-state index < -0.39 is 17.9 Å². The average Bonchev–Trinajstić information content (AvgIpc) is 3.56. The van der Waals surface area contributed by atoms with Crippen molar-refractivity contribution < 1.29 is 33.3 Å². The second-order valence-corrected chi connectivity index (χ2v) is 10.1. The molecule has 0 N–H and O–H groups in total. The predicted molar refractivity (Wildman–Crippen MR) is 140 cm³/mol. The molecule has 39 heavy (non-hydrogen) atoms. The normalized spacial score (nSPS) is 22.9. The van der Waals surface area contributed by atoms with Gasteiger partial charge in [-0.2, -0.15) is 0 Å². The number of carbonyl (C=O) groups excluding carboxylic acids is 2. The Kier molecular flexibility index (Phi) is 5.54. The topological polar surface area (TPSA) is 106 Å². The molecule has 198 valence electrons. The van der Waals surface area contributed by atoms with Crippen molar-refractivity contribution >= 4 is 34.0 Å². The maximum Gasteiger partial charge on any atom is 0.310 e. The van der Waals surface area contributed by atoms with E-state index in [2.05, 4.69) is 0 Å². The van der Waals surface area contributed by atoms with Gasteiger partial charge in [-0.1, -0.05) is 19.1 Å². The van der Waals surface area contributed by atoms with Crippen molar-refractivity contribution in [3.05, 3.63) is 65.2 Å². The van der Waals surface area contributed by atoms with E-state index >= 15 is 0 Å². The third-order valence-corrected chi connectivity index (χ3v) is 7.84. The molecule has 4 atom stereocenters. The first kappa shape index (κ1) is 23.7. The smallest absolute Gasteiger partial charge is 0.310 e. The maximum absolute atomic E-state index is 13.3. The van der Waals surface area contributed by atoms with Crippen molar-refractivity contribution in [2.45, 2.75) is 31.8 Å². The van der Waals surface area contributed by atoms with Crippen LogP contribution in [0.1, 0.15) is 48.5 Å². The van der Waals surface area contributed by atoms with Gasteiger partial charge in [-0.15, -0.1) is 0 Å². The van der Waals surface area contributed by atoms with Crippen molar-refractivity contribution in [3.63, 3.8) is 0 Å². The first-order chi connectivity index (χ1) is 19.1. The lowest BCUT2D eigenvalue weighted by Crippen LogP contribution is -2.36. The molecule has 1 saturated heterocycles. The Bertz CT molecular complexity index is 1650. The lowest BCUT2D eigenvalue weighted by Gasteiger charge is -2.38. The molecule has 0 bridgehead atoms. The lowest BCUT2D eigenvalue weighted by molar-refractivity contribution is -0.154. The predicted octanol–water partition coefficient (Wildman–Crippen LogP) is 4.84. The standard InChI is InChI=1S/C30H26N2O7/c1-3-6-25(33)39-29-17-12-23-22(37-14-38-23)11-16(17)26(27-18(29)13-36-30(27)34)15-9-21-28(24(10-15)35-2)32-20-8-5-4-7-19(20)31-21/h4-5,7-12,18,26-27,29H,3,6,13-14H2,1-2H3/t18-,26+,27-,29+/m0/s1. The molecule has 0 saturated carbocycles. The van der Waals surface area contributed by atoms with Crippen LogP contribution < -0.4 is 14.2 Å². The van der Waals surface area contributed by atoms with Gasteiger partial charge >= 0.3 is 11.9 Å². The van der Waals surface area contributed by atoms with Gasteiger partial charge in [-0.3, -0.25) is 9.59 Å². The minimum absolute atomic E-state index is 0.102. The number of hydrogen-bond donors (Lipinski definition) is 0. The highest BCUT2D eigenvalue weighted by atomic mass is 16.7. The molecule has 9 heteroatoms. The highest BCUT2D eigenvalue weighted by Gasteiger charge is 2.54. The van der Waals surface area contributed by atoms with Gasteiger partial charge in [0.05, 0.1) is 36.2 Å². The van der Waals surface area contributed by atoms with E-state index in [9.17, 15) is 9.59 Å². The fourth-order valence-corrected chi connectivity index (χ4v) is 6.12. The van der Waals surface area contributed by atoms with E-state index in [4.69, 9.17) is 33.7 Å². The number of benzene rings is 3. The number of nitrogens with zero attached hydrogens (tertiary/aromatic N) is 2. The Labute approximate surface area is 224 Å². The molecule has 1 aromatic heterocycles. The van der Waals surface area contributed by atoms with E-state index in [-0.39, 0.29) is 31.3 Å². The molecule has 9 nitrogen and oxygen atoms in total. The minimum atomic E-state index is -0.646. The number of aromatic nitrogens is 2. The molecule has 0 amide bonds. The van der Waals surface area contributed by atoms with Crippen molar-refractivity contribution in [1.29, 1.82) is 0 Å². The number of carbonyl (C=O) groups is 2. The van der Waals surface area contributed by atoms with Gasteiger partial charge in [0, 0.05) is 23.8 Å². The summed E-state index contributed by atoms with van der Waals surface area (Å²) < 4.78 is 28.8. The molecule has 2 aliphatic heterocycles. The molecule has 1 aliphatic carbocycles. The summed E-state index contributed by atoms with van der Waals surface area (Å²) >= 11 is 0. The number of hydrogen-bond acceptors (Lipinski definition) is 9. The molecule has 3 aromatic carbocycles. The van der Waals surface area contributed by atoms with Gasteiger partial charge < -0.3 is 23.7 Å². The molecule has 4 aromatic rings.